The Kier molecular flexibility index (Phi) is 1.26. The molecule has 50 valence electrons. The SMILES string of the molecule is NC(=O)[C@@H]1CNC(=O)N1. The normalized spacial score (nSPS) is 24.9. The molecule has 0 aromatic carbocycles. The van der Waals surface area contributed by atoms with Crippen molar-refractivity contribution in [1.82, 2.24) is 10.6 Å². The summed E-state index contributed by atoms with van der Waals surface area (Å²) in [5.41, 5.74) is 4.87. The molecule has 1 atom stereocenters. The van der Waals surface area contributed by atoms with Crippen molar-refractivity contribution in [2.45, 2.75) is 6.04 Å². The third-order valence-corrected chi connectivity index (χ3v) is 1.12. The van der Waals surface area contributed by atoms with Crippen molar-refractivity contribution < 1.29 is 9.59 Å². The van der Waals surface area contributed by atoms with Gasteiger partial charge in [-0.1, -0.05) is 0 Å². The van der Waals surface area contributed by atoms with Crippen molar-refractivity contribution >= 4 is 11.9 Å². The molecule has 1 fully saturated rings. The number of nitrogens with two attached hydrogens (primary N) is 1. The summed E-state index contributed by atoms with van der Waals surface area (Å²) in [6, 6.07) is -0.865. The maximum Gasteiger partial charge on any atom is 0.315 e. The lowest BCUT2D eigenvalue weighted by atomic mass is 10.3. The molecule has 1 saturated heterocycles. The Morgan fingerprint density at radius 1 is 1.78 bits per heavy atom. The second-order valence-electron chi connectivity index (χ2n) is 1.81. The third-order valence-electron chi connectivity index (χ3n) is 1.12. The smallest absolute Gasteiger partial charge is 0.315 e. The van der Waals surface area contributed by atoms with Crippen LogP contribution < -0.4 is 16.4 Å². The number of carbonyl (C=O) groups is 2. The number of hydrogen-bond acceptors (Lipinski definition) is 2. The molecule has 0 aliphatic carbocycles. The molecule has 1 heterocycles. The summed E-state index contributed by atoms with van der Waals surface area (Å²) in [7, 11) is 0. The predicted octanol–water partition coefficient (Wildman–Crippen LogP) is -1.85. The maximum atomic E-state index is 10.3. The average molecular weight is 129 g/mol. The molecule has 0 bridgehead atoms. The molecule has 3 amide bonds. The first-order chi connectivity index (χ1) is 4.20. The highest BCUT2D eigenvalue weighted by atomic mass is 16.2. The van der Waals surface area contributed by atoms with Crippen molar-refractivity contribution in [3.05, 3.63) is 0 Å². The molecule has 0 spiro atoms. The first-order valence-electron chi connectivity index (χ1n) is 2.54. The fourth-order valence-corrected chi connectivity index (χ4v) is 0.627. The molecule has 5 nitrogen and oxygen atoms in total. The van der Waals surface area contributed by atoms with Crippen molar-refractivity contribution in [3.8, 4) is 0 Å². The Morgan fingerprint density at radius 2 is 2.44 bits per heavy atom. The molecule has 5 heteroatoms. The van der Waals surface area contributed by atoms with Gasteiger partial charge in [0, 0.05) is 6.54 Å². The van der Waals surface area contributed by atoms with E-state index in [4.69, 9.17) is 5.73 Å². The fourth-order valence-electron chi connectivity index (χ4n) is 0.627. The van der Waals surface area contributed by atoms with Crippen LogP contribution in [0, 0.1) is 0 Å². The zero-order chi connectivity index (χ0) is 6.85. The van der Waals surface area contributed by atoms with Gasteiger partial charge in [0.25, 0.3) is 0 Å². The number of primary amides is 1. The van der Waals surface area contributed by atoms with Gasteiger partial charge in [0.1, 0.15) is 6.04 Å². The molecule has 0 saturated carbocycles. The quantitative estimate of drug-likeness (QED) is 0.388. The summed E-state index contributed by atoms with van der Waals surface area (Å²) in [5.74, 6) is -0.506. The van der Waals surface area contributed by atoms with Gasteiger partial charge in [-0.15, -0.1) is 0 Å². The molecular weight excluding hydrogens is 122 g/mol. The first-order valence-corrected chi connectivity index (χ1v) is 2.54. The van der Waals surface area contributed by atoms with E-state index in [2.05, 4.69) is 10.6 Å². The lowest BCUT2D eigenvalue weighted by Gasteiger charge is -1.99. The van der Waals surface area contributed by atoms with E-state index in [0.717, 1.165) is 0 Å². The van der Waals surface area contributed by atoms with Crippen LogP contribution in [0.2, 0.25) is 0 Å². The number of urea groups is 1. The van der Waals surface area contributed by atoms with E-state index in [9.17, 15) is 9.59 Å². The van der Waals surface area contributed by atoms with Gasteiger partial charge in [-0.05, 0) is 0 Å². The van der Waals surface area contributed by atoms with Crippen molar-refractivity contribution in [2.75, 3.05) is 6.54 Å². The number of carbonyl (C=O) groups excluding carboxylic acids is 2. The summed E-state index contributed by atoms with van der Waals surface area (Å²) in [5, 5.41) is 4.73. The Bertz CT molecular complexity index is 156. The fraction of sp³-hybridized carbons (Fsp3) is 0.500. The minimum absolute atomic E-state index is 0.300. The van der Waals surface area contributed by atoms with Crippen molar-refractivity contribution in [1.29, 1.82) is 0 Å². The van der Waals surface area contributed by atoms with Gasteiger partial charge in [-0.3, -0.25) is 4.79 Å². The summed E-state index contributed by atoms with van der Waals surface area (Å²) in [6.07, 6.45) is 0. The van der Waals surface area contributed by atoms with E-state index >= 15 is 0 Å². The van der Waals surface area contributed by atoms with Crippen molar-refractivity contribution in [2.24, 2.45) is 5.73 Å². The largest absolute Gasteiger partial charge is 0.368 e. The number of amides is 3. The molecule has 0 aromatic rings. The van der Waals surface area contributed by atoms with Gasteiger partial charge < -0.3 is 16.4 Å². The van der Waals surface area contributed by atoms with Gasteiger partial charge in [-0.2, -0.15) is 0 Å². The van der Waals surface area contributed by atoms with Crippen LogP contribution in [-0.2, 0) is 4.79 Å². The molecule has 4 N–H and O–H groups in total. The van der Waals surface area contributed by atoms with Crippen LogP contribution in [0.3, 0.4) is 0 Å². The Labute approximate surface area is 51.6 Å². The minimum atomic E-state index is -0.530. The average Bonchev–Trinajstić information content (AvgIpc) is 2.14. The highest BCUT2D eigenvalue weighted by molar-refractivity contribution is 5.89. The number of rotatable bonds is 1. The van der Waals surface area contributed by atoms with Crippen LogP contribution in [0.1, 0.15) is 0 Å². The van der Waals surface area contributed by atoms with E-state index < -0.39 is 11.9 Å². The second kappa shape index (κ2) is 1.93. The van der Waals surface area contributed by atoms with Gasteiger partial charge in [0.15, 0.2) is 0 Å². The summed E-state index contributed by atoms with van der Waals surface area (Å²) in [4.78, 5) is 20.6. The van der Waals surface area contributed by atoms with E-state index in [0.29, 0.717) is 6.54 Å². The first kappa shape index (κ1) is 5.87. The maximum absolute atomic E-state index is 10.3. The molecule has 1 aliphatic rings. The Morgan fingerprint density at radius 3 is 2.67 bits per heavy atom. The highest BCUT2D eigenvalue weighted by Crippen LogP contribution is 1.86. The number of nitrogens with one attached hydrogen (secondary N) is 2. The third kappa shape index (κ3) is 1.10. The van der Waals surface area contributed by atoms with Gasteiger partial charge in [-0.25, -0.2) is 4.79 Å². The van der Waals surface area contributed by atoms with E-state index in [1.165, 1.54) is 0 Å². The van der Waals surface area contributed by atoms with Gasteiger partial charge in [0.2, 0.25) is 5.91 Å². The zero-order valence-electron chi connectivity index (χ0n) is 4.68. The topological polar surface area (TPSA) is 84.2 Å². The lowest BCUT2D eigenvalue weighted by molar-refractivity contribution is -0.119. The van der Waals surface area contributed by atoms with E-state index in [-0.39, 0.29) is 6.03 Å². The lowest BCUT2D eigenvalue weighted by Crippen LogP contribution is -2.39. The Hall–Kier alpha value is -1.26. The molecule has 0 unspecified atom stereocenters. The summed E-state index contributed by atoms with van der Waals surface area (Å²) < 4.78 is 0. The van der Waals surface area contributed by atoms with Crippen LogP contribution in [-0.4, -0.2) is 24.5 Å². The standard InChI is InChI=1S/C4H7N3O2/c5-3(8)2-1-6-4(9)7-2/h2H,1H2,(H2,5,8)(H2,6,7,9)/t2-/m0/s1. The van der Waals surface area contributed by atoms with Crippen LogP contribution in [0.25, 0.3) is 0 Å². The second-order valence-corrected chi connectivity index (χ2v) is 1.81. The van der Waals surface area contributed by atoms with Crippen molar-refractivity contribution in [3.63, 3.8) is 0 Å². The van der Waals surface area contributed by atoms with Gasteiger partial charge >= 0.3 is 6.03 Å². The minimum Gasteiger partial charge on any atom is -0.368 e. The molecule has 1 aliphatic heterocycles. The van der Waals surface area contributed by atoms with Gasteiger partial charge in [0.05, 0.1) is 0 Å². The monoisotopic (exact) mass is 129 g/mol. The number of hydrogen-bond donors (Lipinski definition) is 3. The molecule has 0 radical (unpaired) electrons. The van der Waals surface area contributed by atoms with Crippen LogP contribution in [0.4, 0.5) is 4.79 Å². The Balaban J connectivity index is 2.48. The van der Waals surface area contributed by atoms with E-state index in [1.807, 2.05) is 0 Å². The van der Waals surface area contributed by atoms with Crippen LogP contribution in [0.5, 0.6) is 0 Å². The van der Waals surface area contributed by atoms with E-state index in [1.54, 1.807) is 0 Å². The molecule has 1 rings (SSSR count). The zero-order valence-corrected chi connectivity index (χ0v) is 4.68. The predicted molar refractivity (Wildman–Crippen MR) is 29.5 cm³/mol. The molecular formula is C4H7N3O2. The van der Waals surface area contributed by atoms with Crippen LogP contribution in [0.15, 0.2) is 0 Å². The summed E-state index contributed by atoms with van der Waals surface area (Å²) >= 11 is 0. The molecule has 0 aromatic heterocycles. The molecule has 9 heavy (non-hydrogen) atoms. The highest BCUT2D eigenvalue weighted by Gasteiger charge is 2.23. The summed E-state index contributed by atoms with van der Waals surface area (Å²) in [6.45, 7) is 0.300. The van der Waals surface area contributed by atoms with Crippen LogP contribution >= 0.6 is 0 Å².